The quantitative estimate of drug-likeness (QED) is 0.516. The standard InChI is InChI=1S/C12H19N3O5/c1-7-5-15(11(19)14-10(7)18)9-4-8(17)12(6-16,20-9)2-3-13/h5,8-9,16-17H,2-4,6,13H2,1H3,(H,14,18,19)/t8?,9-,12-/m1/s1. The van der Waals surface area contributed by atoms with Gasteiger partial charge in [-0.1, -0.05) is 0 Å². The lowest BCUT2D eigenvalue weighted by molar-refractivity contribution is -0.131. The molecule has 2 heterocycles. The third-order valence-corrected chi connectivity index (χ3v) is 3.69. The lowest BCUT2D eigenvalue weighted by Crippen LogP contribution is -2.45. The van der Waals surface area contributed by atoms with Crippen molar-refractivity contribution in [2.45, 2.75) is 37.7 Å². The molecule has 3 atom stereocenters. The first-order valence-electron chi connectivity index (χ1n) is 6.42. The molecule has 1 aromatic heterocycles. The molecule has 1 unspecified atom stereocenters. The highest BCUT2D eigenvalue weighted by Crippen LogP contribution is 2.37. The molecule has 5 N–H and O–H groups in total. The fourth-order valence-electron chi connectivity index (χ4n) is 2.47. The Morgan fingerprint density at radius 3 is 2.90 bits per heavy atom. The lowest BCUT2D eigenvalue weighted by atomic mass is 9.94. The molecule has 1 aliphatic heterocycles. The molecule has 1 aliphatic rings. The van der Waals surface area contributed by atoms with E-state index in [1.54, 1.807) is 6.92 Å². The van der Waals surface area contributed by atoms with E-state index in [1.165, 1.54) is 10.8 Å². The van der Waals surface area contributed by atoms with Crippen molar-refractivity contribution in [1.29, 1.82) is 0 Å². The minimum Gasteiger partial charge on any atom is -0.393 e. The molecular formula is C12H19N3O5. The van der Waals surface area contributed by atoms with Gasteiger partial charge in [0.25, 0.3) is 5.56 Å². The van der Waals surface area contributed by atoms with Crippen molar-refractivity contribution >= 4 is 0 Å². The molecule has 0 saturated carbocycles. The molecule has 112 valence electrons. The van der Waals surface area contributed by atoms with Gasteiger partial charge < -0.3 is 20.7 Å². The van der Waals surface area contributed by atoms with Gasteiger partial charge >= 0.3 is 5.69 Å². The molecule has 0 radical (unpaired) electrons. The van der Waals surface area contributed by atoms with E-state index in [1.807, 2.05) is 0 Å². The third-order valence-electron chi connectivity index (χ3n) is 3.69. The van der Waals surface area contributed by atoms with Crippen molar-refractivity contribution < 1.29 is 14.9 Å². The molecular weight excluding hydrogens is 266 g/mol. The number of hydrogen-bond donors (Lipinski definition) is 4. The smallest absolute Gasteiger partial charge is 0.330 e. The Labute approximate surface area is 114 Å². The van der Waals surface area contributed by atoms with Crippen molar-refractivity contribution in [2.24, 2.45) is 5.73 Å². The Hall–Kier alpha value is -1.48. The molecule has 0 aromatic carbocycles. The van der Waals surface area contributed by atoms with Crippen molar-refractivity contribution in [3.63, 3.8) is 0 Å². The highest BCUT2D eigenvalue weighted by atomic mass is 16.6. The monoisotopic (exact) mass is 285 g/mol. The summed E-state index contributed by atoms with van der Waals surface area (Å²) in [7, 11) is 0. The number of nitrogens with zero attached hydrogens (tertiary/aromatic N) is 1. The average Bonchev–Trinajstić information content (AvgIpc) is 2.72. The molecule has 0 spiro atoms. The Morgan fingerprint density at radius 1 is 1.60 bits per heavy atom. The van der Waals surface area contributed by atoms with Crippen LogP contribution in [0.5, 0.6) is 0 Å². The summed E-state index contributed by atoms with van der Waals surface area (Å²) in [4.78, 5) is 25.3. The molecule has 2 rings (SSSR count). The highest BCUT2D eigenvalue weighted by Gasteiger charge is 2.48. The van der Waals surface area contributed by atoms with E-state index in [9.17, 15) is 19.8 Å². The van der Waals surface area contributed by atoms with Crippen LogP contribution >= 0.6 is 0 Å². The average molecular weight is 285 g/mol. The summed E-state index contributed by atoms with van der Waals surface area (Å²) in [5.74, 6) is 0. The van der Waals surface area contributed by atoms with E-state index in [2.05, 4.69) is 4.98 Å². The first-order chi connectivity index (χ1) is 9.43. The molecule has 1 aromatic rings. The van der Waals surface area contributed by atoms with Gasteiger partial charge in [0.2, 0.25) is 0 Å². The number of aryl methyl sites for hydroxylation is 1. The van der Waals surface area contributed by atoms with E-state index >= 15 is 0 Å². The van der Waals surface area contributed by atoms with E-state index < -0.39 is 29.2 Å². The van der Waals surface area contributed by atoms with E-state index in [-0.39, 0.29) is 26.0 Å². The topological polar surface area (TPSA) is 131 Å². The molecule has 0 bridgehead atoms. The number of nitrogens with two attached hydrogens (primary N) is 1. The van der Waals surface area contributed by atoms with E-state index in [0.29, 0.717) is 5.56 Å². The SMILES string of the molecule is Cc1cn([C@H]2CC(O)[C@](CO)(CCN)O2)c(=O)[nH]c1=O. The minimum atomic E-state index is -1.16. The number of H-pyrrole nitrogens is 1. The predicted octanol–water partition coefficient (Wildman–Crippen LogP) is -1.80. The van der Waals surface area contributed by atoms with Crippen LogP contribution < -0.4 is 17.0 Å². The minimum absolute atomic E-state index is 0.145. The molecule has 1 saturated heterocycles. The molecule has 0 aliphatic carbocycles. The predicted molar refractivity (Wildman–Crippen MR) is 70.3 cm³/mol. The maximum Gasteiger partial charge on any atom is 0.330 e. The van der Waals surface area contributed by atoms with Crippen LogP contribution in [0.1, 0.15) is 24.6 Å². The van der Waals surface area contributed by atoms with Crippen LogP contribution in [0.4, 0.5) is 0 Å². The summed E-state index contributed by atoms with van der Waals surface area (Å²) < 4.78 is 6.89. The normalized spacial score (nSPS) is 29.8. The summed E-state index contributed by atoms with van der Waals surface area (Å²) in [6.07, 6.45) is 0.130. The Balaban J connectivity index is 2.35. The number of aliphatic hydroxyl groups is 2. The van der Waals surface area contributed by atoms with Crippen molar-refractivity contribution in [2.75, 3.05) is 13.2 Å². The number of ether oxygens (including phenoxy) is 1. The summed E-state index contributed by atoms with van der Waals surface area (Å²) in [6.45, 7) is 1.42. The maximum atomic E-state index is 11.8. The van der Waals surface area contributed by atoms with Gasteiger partial charge in [-0.05, 0) is 19.9 Å². The van der Waals surface area contributed by atoms with Crippen LogP contribution in [0.3, 0.4) is 0 Å². The molecule has 8 nitrogen and oxygen atoms in total. The molecule has 0 amide bonds. The number of aliphatic hydroxyl groups excluding tert-OH is 2. The van der Waals surface area contributed by atoms with Crippen LogP contribution in [0.25, 0.3) is 0 Å². The number of aromatic amines is 1. The zero-order chi connectivity index (χ0) is 14.9. The van der Waals surface area contributed by atoms with Gasteiger partial charge in [0, 0.05) is 18.2 Å². The van der Waals surface area contributed by atoms with Crippen LogP contribution in [-0.2, 0) is 4.74 Å². The summed E-state index contributed by atoms with van der Waals surface area (Å²) >= 11 is 0. The van der Waals surface area contributed by atoms with Crippen LogP contribution in [0.15, 0.2) is 15.8 Å². The molecule has 8 heteroatoms. The number of rotatable bonds is 4. The van der Waals surface area contributed by atoms with Gasteiger partial charge in [0.15, 0.2) is 0 Å². The van der Waals surface area contributed by atoms with Crippen molar-refractivity contribution in [3.8, 4) is 0 Å². The fraction of sp³-hybridized carbons (Fsp3) is 0.667. The Bertz CT molecular complexity index is 595. The van der Waals surface area contributed by atoms with Crippen molar-refractivity contribution in [3.05, 3.63) is 32.6 Å². The van der Waals surface area contributed by atoms with E-state index in [0.717, 1.165) is 0 Å². The second kappa shape index (κ2) is 5.49. The van der Waals surface area contributed by atoms with Crippen molar-refractivity contribution in [1.82, 2.24) is 9.55 Å². The zero-order valence-electron chi connectivity index (χ0n) is 11.2. The molecule has 20 heavy (non-hydrogen) atoms. The van der Waals surface area contributed by atoms with Crippen LogP contribution in [-0.4, -0.2) is 44.6 Å². The lowest BCUT2D eigenvalue weighted by Gasteiger charge is -2.29. The zero-order valence-corrected chi connectivity index (χ0v) is 11.2. The Kier molecular flexibility index (Phi) is 4.09. The first-order valence-corrected chi connectivity index (χ1v) is 6.42. The van der Waals surface area contributed by atoms with Crippen LogP contribution in [0.2, 0.25) is 0 Å². The molecule has 1 fully saturated rings. The largest absolute Gasteiger partial charge is 0.393 e. The summed E-state index contributed by atoms with van der Waals surface area (Å²) in [5.41, 5.74) is 3.60. The number of nitrogens with one attached hydrogen (secondary N) is 1. The van der Waals surface area contributed by atoms with Gasteiger partial charge in [-0.3, -0.25) is 14.3 Å². The second-order valence-corrected chi connectivity index (χ2v) is 5.06. The van der Waals surface area contributed by atoms with Gasteiger partial charge in [0.05, 0.1) is 12.7 Å². The summed E-state index contributed by atoms with van der Waals surface area (Å²) in [6, 6.07) is 0. The highest BCUT2D eigenvalue weighted by molar-refractivity contribution is 5.03. The van der Waals surface area contributed by atoms with Gasteiger partial charge in [-0.15, -0.1) is 0 Å². The second-order valence-electron chi connectivity index (χ2n) is 5.06. The first kappa shape index (κ1) is 14.9. The number of aromatic nitrogens is 2. The van der Waals surface area contributed by atoms with Crippen LogP contribution in [0, 0.1) is 6.92 Å². The van der Waals surface area contributed by atoms with E-state index in [4.69, 9.17) is 10.5 Å². The maximum absolute atomic E-state index is 11.8. The summed E-state index contributed by atoms with van der Waals surface area (Å²) in [5, 5.41) is 19.6. The van der Waals surface area contributed by atoms with Gasteiger partial charge in [-0.25, -0.2) is 4.79 Å². The fourth-order valence-corrected chi connectivity index (χ4v) is 2.47. The third kappa shape index (κ3) is 2.42. The van der Waals surface area contributed by atoms with Gasteiger partial charge in [-0.2, -0.15) is 0 Å². The van der Waals surface area contributed by atoms with Gasteiger partial charge in [0.1, 0.15) is 11.8 Å². The number of hydrogen-bond acceptors (Lipinski definition) is 6. The Morgan fingerprint density at radius 2 is 2.30 bits per heavy atom.